The Morgan fingerprint density at radius 3 is 2.43 bits per heavy atom. The molecule has 0 atom stereocenters. The largest absolute Gasteiger partial charge is 0.490 e. The first-order chi connectivity index (χ1) is 10.0. The van der Waals surface area contributed by atoms with Crippen molar-refractivity contribution in [3.63, 3.8) is 0 Å². The van der Waals surface area contributed by atoms with E-state index in [4.69, 9.17) is 9.15 Å². The third-order valence-corrected chi connectivity index (χ3v) is 3.08. The molecule has 5 heteroatoms. The molecule has 0 saturated carbocycles. The summed E-state index contributed by atoms with van der Waals surface area (Å²) < 4.78 is 9.88. The number of carbonyl (C=O) groups excluding carboxylic acids is 1. The van der Waals surface area contributed by atoms with Gasteiger partial charge in [-0.1, -0.05) is 26.0 Å². The molecule has 0 unspecified atom stereocenters. The van der Waals surface area contributed by atoms with E-state index in [9.17, 15) is 9.59 Å². The van der Waals surface area contributed by atoms with Crippen LogP contribution in [0.5, 0.6) is 5.75 Å². The van der Waals surface area contributed by atoms with Crippen molar-refractivity contribution in [3.05, 3.63) is 58.1 Å². The number of amides is 1. The minimum atomic E-state index is -0.480. The molecule has 1 amide bonds. The molecule has 1 aromatic heterocycles. The average molecular weight is 287 g/mol. The van der Waals surface area contributed by atoms with Gasteiger partial charge < -0.3 is 14.5 Å². The maximum atomic E-state index is 12.0. The van der Waals surface area contributed by atoms with Crippen LogP contribution in [0.1, 0.15) is 35.9 Å². The summed E-state index contributed by atoms with van der Waals surface area (Å²) in [6.07, 6.45) is 1.12. The summed E-state index contributed by atoms with van der Waals surface area (Å²) >= 11 is 0. The number of carbonyl (C=O) groups is 1. The second-order valence-corrected chi connectivity index (χ2v) is 4.91. The Bertz CT molecular complexity index is 686. The molecule has 1 aromatic carbocycles. The van der Waals surface area contributed by atoms with Gasteiger partial charge in [0.15, 0.2) is 5.76 Å². The predicted octanol–water partition coefficient (Wildman–Crippen LogP) is 3.02. The molecular formula is C16H17NO4. The minimum Gasteiger partial charge on any atom is -0.490 e. The molecule has 0 radical (unpaired) electrons. The van der Waals surface area contributed by atoms with Gasteiger partial charge in [-0.2, -0.15) is 0 Å². The monoisotopic (exact) mass is 287 g/mol. The molecular weight excluding hydrogens is 270 g/mol. The lowest BCUT2D eigenvalue weighted by Gasteiger charge is -2.08. The topological polar surface area (TPSA) is 68.5 Å². The number of methoxy groups -OCH3 is 1. The summed E-state index contributed by atoms with van der Waals surface area (Å²) in [5.41, 5.74) is 1.43. The van der Waals surface area contributed by atoms with E-state index >= 15 is 0 Å². The van der Waals surface area contributed by atoms with Gasteiger partial charge in [-0.25, -0.2) is 0 Å². The number of rotatable bonds is 4. The van der Waals surface area contributed by atoms with Gasteiger partial charge in [-0.15, -0.1) is 0 Å². The second kappa shape index (κ2) is 6.26. The third kappa shape index (κ3) is 3.51. The molecule has 0 spiro atoms. The van der Waals surface area contributed by atoms with Crippen LogP contribution in [-0.4, -0.2) is 13.0 Å². The van der Waals surface area contributed by atoms with Gasteiger partial charge in [0.05, 0.1) is 7.11 Å². The van der Waals surface area contributed by atoms with Crippen molar-refractivity contribution in [1.29, 1.82) is 0 Å². The highest BCUT2D eigenvalue weighted by atomic mass is 16.5. The molecule has 2 rings (SSSR count). The molecule has 21 heavy (non-hydrogen) atoms. The van der Waals surface area contributed by atoms with E-state index in [0.717, 1.165) is 12.3 Å². The lowest BCUT2D eigenvalue weighted by molar-refractivity contribution is 0.0993. The highest BCUT2D eigenvalue weighted by Crippen LogP contribution is 2.17. The Morgan fingerprint density at radius 2 is 1.90 bits per heavy atom. The quantitative estimate of drug-likeness (QED) is 0.938. The fraction of sp³-hybridized carbons (Fsp3) is 0.250. The van der Waals surface area contributed by atoms with E-state index in [1.807, 2.05) is 24.3 Å². The van der Waals surface area contributed by atoms with Crippen LogP contribution in [0.2, 0.25) is 0 Å². The second-order valence-electron chi connectivity index (χ2n) is 4.91. The van der Waals surface area contributed by atoms with Crippen molar-refractivity contribution in [2.45, 2.75) is 19.8 Å². The molecule has 0 fully saturated rings. The van der Waals surface area contributed by atoms with Gasteiger partial charge in [-0.05, 0) is 23.6 Å². The van der Waals surface area contributed by atoms with Crippen molar-refractivity contribution in [3.8, 4) is 5.75 Å². The number of hydrogen-bond acceptors (Lipinski definition) is 4. The van der Waals surface area contributed by atoms with Crippen LogP contribution in [-0.2, 0) is 0 Å². The average Bonchev–Trinajstić information content (AvgIpc) is 2.47. The summed E-state index contributed by atoms with van der Waals surface area (Å²) in [7, 11) is 1.36. The Morgan fingerprint density at radius 1 is 1.24 bits per heavy atom. The summed E-state index contributed by atoms with van der Waals surface area (Å²) in [5.74, 6) is -0.0528. The van der Waals surface area contributed by atoms with Crippen molar-refractivity contribution in [2.24, 2.45) is 0 Å². The van der Waals surface area contributed by atoms with Crippen LogP contribution >= 0.6 is 0 Å². The van der Waals surface area contributed by atoms with Gasteiger partial charge >= 0.3 is 0 Å². The first-order valence-corrected chi connectivity index (χ1v) is 6.59. The van der Waals surface area contributed by atoms with E-state index in [2.05, 4.69) is 19.2 Å². The van der Waals surface area contributed by atoms with Crippen LogP contribution < -0.4 is 15.5 Å². The lowest BCUT2D eigenvalue weighted by atomic mass is 10.0. The molecule has 1 heterocycles. The van der Waals surface area contributed by atoms with Crippen molar-refractivity contribution < 1.29 is 13.9 Å². The number of benzene rings is 1. The Kier molecular flexibility index (Phi) is 4.42. The van der Waals surface area contributed by atoms with Crippen molar-refractivity contribution in [2.75, 3.05) is 12.4 Å². The standard InChI is InChI=1S/C16H17NO4/c1-10(2)11-4-6-12(7-5-11)17-16(19)14-8-13(18)15(20-3)9-21-14/h4-10H,1-3H3,(H,17,19). The molecule has 0 aliphatic carbocycles. The maximum absolute atomic E-state index is 12.0. The molecule has 2 aromatic rings. The molecule has 0 aliphatic heterocycles. The van der Waals surface area contributed by atoms with Gasteiger partial charge in [0, 0.05) is 11.8 Å². The van der Waals surface area contributed by atoms with Crippen LogP contribution in [0.25, 0.3) is 0 Å². The van der Waals surface area contributed by atoms with E-state index in [0.29, 0.717) is 11.6 Å². The molecule has 1 N–H and O–H groups in total. The third-order valence-electron chi connectivity index (χ3n) is 3.08. The Hall–Kier alpha value is -2.56. The van der Waals surface area contributed by atoms with Gasteiger partial charge in [0.1, 0.15) is 6.26 Å². The number of nitrogens with one attached hydrogen (secondary N) is 1. The Balaban J connectivity index is 2.14. The smallest absolute Gasteiger partial charge is 0.291 e. The molecule has 0 bridgehead atoms. The number of ether oxygens (including phenoxy) is 1. The highest BCUT2D eigenvalue weighted by molar-refractivity contribution is 6.02. The number of anilines is 1. The van der Waals surface area contributed by atoms with Gasteiger partial charge in [-0.3, -0.25) is 9.59 Å². The van der Waals surface area contributed by atoms with Crippen LogP contribution in [0.3, 0.4) is 0 Å². The zero-order valence-electron chi connectivity index (χ0n) is 12.2. The first kappa shape index (κ1) is 14.8. The Labute approximate surface area is 122 Å². The van der Waals surface area contributed by atoms with Gasteiger partial charge in [0.25, 0.3) is 5.91 Å². The highest BCUT2D eigenvalue weighted by Gasteiger charge is 2.12. The molecule has 5 nitrogen and oxygen atoms in total. The summed E-state index contributed by atoms with van der Waals surface area (Å²) in [4.78, 5) is 23.6. The normalized spacial score (nSPS) is 10.5. The van der Waals surface area contributed by atoms with Crippen molar-refractivity contribution in [1.82, 2.24) is 0 Å². The summed E-state index contributed by atoms with van der Waals surface area (Å²) in [6.45, 7) is 4.19. The number of hydrogen-bond donors (Lipinski definition) is 1. The fourth-order valence-corrected chi connectivity index (χ4v) is 1.81. The van der Waals surface area contributed by atoms with Gasteiger partial charge in [0.2, 0.25) is 11.2 Å². The van der Waals surface area contributed by atoms with E-state index in [1.54, 1.807) is 0 Å². The summed E-state index contributed by atoms with van der Waals surface area (Å²) in [5, 5.41) is 2.68. The lowest BCUT2D eigenvalue weighted by Crippen LogP contribution is -2.15. The SMILES string of the molecule is COc1coc(C(=O)Nc2ccc(C(C)C)cc2)cc1=O. The zero-order valence-corrected chi connectivity index (χ0v) is 12.2. The van der Waals surface area contributed by atoms with E-state index in [-0.39, 0.29) is 11.5 Å². The van der Waals surface area contributed by atoms with Crippen molar-refractivity contribution >= 4 is 11.6 Å². The van der Waals surface area contributed by atoms with Crippen LogP contribution in [0.15, 0.2) is 45.8 Å². The van der Waals surface area contributed by atoms with Crippen LogP contribution in [0.4, 0.5) is 5.69 Å². The summed E-state index contributed by atoms with van der Waals surface area (Å²) in [6, 6.07) is 8.63. The van der Waals surface area contributed by atoms with E-state index < -0.39 is 11.3 Å². The zero-order chi connectivity index (χ0) is 15.4. The maximum Gasteiger partial charge on any atom is 0.291 e. The molecule has 0 aliphatic rings. The molecule has 0 saturated heterocycles. The first-order valence-electron chi connectivity index (χ1n) is 6.59. The fourth-order valence-electron chi connectivity index (χ4n) is 1.81. The minimum absolute atomic E-state index is 0.0614. The predicted molar refractivity (Wildman–Crippen MR) is 80.0 cm³/mol. The van der Waals surface area contributed by atoms with Crippen LogP contribution in [0, 0.1) is 0 Å². The molecule has 110 valence electrons. The van der Waals surface area contributed by atoms with E-state index in [1.165, 1.54) is 12.7 Å².